The zero-order valence-electron chi connectivity index (χ0n) is 15.0. The fourth-order valence-electron chi connectivity index (χ4n) is 4.01. The van der Waals surface area contributed by atoms with Crippen molar-refractivity contribution in [3.8, 4) is 0 Å². The number of benzene rings is 1. The first-order valence-electron chi connectivity index (χ1n) is 8.42. The molecular weight excluding hydrogens is 304 g/mol. The van der Waals surface area contributed by atoms with Gasteiger partial charge in [0.15, 0.2) is 0 Å². The molecule has 4 heteroatoms. The molecule has 1 aliphatic carbocycles. The van der Waals surface area contributed by atoms with Crippen molar-refractivity contribution in [2.24, 2.45) is 11.8 Å². The molecule has 130 valence electrons. The molecular formula is C20H26O4. The van der Waals surface area contributed by atoms with E-state index in [1.807, 2.05) is 24.3 Å². The highest BCUT2D eigenvalue weighted by Crippen LogP contribution is 2.46. The molecule has 1 aliphatic rings. The Morgan fingerprint density at radius 3 is 2.08 bits per heavy atom. The van der Waals surface area contributed by atoms with Crippen molar-refractivity contribution in [3.63, 3.8) is 0 Å². The third-order valence-corrected chi connectivity index (χ3v) is 5.13. The Labute approximate surface area is 143 Å². The van der Waals surface area contributed by atoms with Crippen molar-refractivity contribution >= 4 is 17.3 Å². The quantitative estimate of drug-likeness (QED) is 0.861. The van der Waals surface area contributed by atoms with Crippen LogP contribution >= 0.6 is 0 Å². The molecule has 4 nitrogen and oxygen atoms in total. The second-order valence-electron chi connectivity index (χ2n) is 7.52. The Balaban J connectivity index is 2.58. The van der Waals surface area contributed by atoms with Gasteiger partial charge in [0.25, 0.3) is 0 Å². The van der Waals surface area contributed by atoms with Gasteiger partial charge in [0.05, 0.1) is 17.4 Å². The zero-order chi connectivity index (χ0) is 18.2. The van der Waals surface area contributed by atoms with Crippen LogP contribution in [-0.4, -0.2) is 28.1 Å². The summed E-state index contributed by atoms with van der Waals surface area (Å²) in [5, 5.41) is 10.7. The highest BCUT2D eigenvalue weighted by atomic mass is 16.3. The molecule has 0 unspecified atom stereocenters. The van der Waals surface area contributed by atoms with Crippen molar-refractivity contribution in [3.05, 3.63) is 35.4 Å². The summed E-state index contributed by atoms with van der Waals surface area (Å²) in [5.74, 6) is -2.63. The summed E-state index contributed by atoms with van der Waals surface area (Å²) in [7, 11) is 0. The zero-order valence-corrected chi connectivity index (χ0v) is 15.0. The lowest BCUT2D eigenvalue weighted by Gasteiger charge is -2.44. The fourth-order valence-corrected chi connectivity index (χ4v) is 4.01. The van der Waals surface area contributed by atoms with E-state index in [0.717, 1.165) is 11.1 Å². The minimum absolute atomic E-state index is 0.165. The van der Waals surface area contributed by atoms with E-state index in [4.69, 9.17) is 0 Å². The van der Waals surface area contributed by atoms with Crippen LogP contribution in [0.4, 0.5) is 0 Å². The van der Waals surface area contributed by atoms with E-state index < -0.39 is 23.4 Å². The number of aliphatic hydroxyl groups is 1. The van der Waals surface area contributed by atoms with Crippen molar-refractivity contribution in [2.45, 2.75) is 58.5 Å². The van der Waals surface area contributed by atoms with Crippen molar-refractivity contribution in [2.75, 3.05) is 0 Å². The summed E-state index contributed by atoms with van der Waals surface area (Å²) in [4.78, 5) is 36.9. The van der Waals surface area contributed by atoms with Crippen LogP contribution in [0, 0.1) is 11.8 Å². The summed E-state index contributed by atoms with van der Waals surface area (Å²) < 4.78 is 0. The van der Waals surface area contributed by atoms with Crippen LogP contribution in [0.25, 0.3) is 0 Å². The van der Waals surface area contributed by atoms with E-state index in [9.17, 15) is 19.5 Å². The number of hydrogen-bond donors (Lipinski definition) is 1. The normalized spacial score (nSPS) is 30.5. The molecule has 1 aromatic rings. The van der Waals surface area contributed by atoms with Crippen LogP contribution in [0.1, 0.15) is 64.0 Å². The van der Waals surface area contributed by atoms with Crippen LogP contribution in [0.5, 0.6) is 0 Å². The van der Waals surface area contributed by atoms with E-state index in [-0.39, 0.29) is 23.8 Å². The Bertz CT molecular complexity index is 655. The topological polar surface area (TPSA) is 71.4 Å². The molecule has 2 rings (SSSR count). The van der Waals surface area contributed by atoms with E-state index in [2.05, 4.69) is 13.8 Å². The standard InChI is InChI=1S/C20H26O4/c1-11(2)14-6-8-15(9-7-14)18-17(12(3)21)16(23)10-20(5,24)19(18)13(4)22/h6-9,11,17-19,24H,10H2,1-5H3/t17-,18+,19-,20+/m0/s1. The van der Waals surface area contributed by atoms with Gasteiger partial charge in [-0.3, -0.25) is 14.4 Å². The van der Waals surface area contributed by atoms with Gasteiger partial charge in [-0.05, 0) is 37.8 Å². The lowest BCUT2D eigenvalue weighted by molar-refractivity contribution is -0.151. The molecule has 0 aliphatic heterocycles. The lowest BCUT2D eigenvalue weighted by atomic mass is 9.60. The minimum Gasteiger partial charge on any atom is -0.389 e. The maximum atomic E-state index is 12.5. The largest absolute Gasteiger partial charge is 0.389 e. The minimum atomic E-state index is -1.43. The molecule has 4 atom stereocenters. The van der Waals surface area contributed by atoms with Gasteiger partial charge >= 0.3 is 0 Å². The van der Waals surface area contributed by atoms with Gasteiger partial charge in [-0.25, -0.2) is 0 Å². The van der Waals surface area contributed by atoms with Crippen LogP contribution in [-0.2, 0) is 14.4 Å². The van der Waals surface area contributed by atoms with Gasteiger partial charge in [-0.1, -0.05) is 38.1 Å². The highest BCUT2D eigenvalue weighted by molar-refractivity contribution is 6.05. The summed E-state index contributed by atoms with van der Waals surface area (Å²) in [6.07, 6.45) is -0.165. The summed E-state index contributed by atoms with van der Waals surface area (Å²) in [6, 6.07) is 7.67. The molecule has 0 amide bonds. The van der Waals surface area contributed by atoms with Gasteiger partial charge in [0.1, 0.15) is 17.3 Å². The van der Waals surface area contributed by atoms with Gasteiger partial charge in [0, 0.05) is 12.3 Å². The third kappa shape index (κ3) is 3.34. The van der Waals surface area contributed by atoms with Crippen molar-refractivity contribution in [1.82, 2.24) is 0 Å². The van der Waals surface area contributed by atoms with Gasteiger partial charge in [-0.15, -0.1) is 0 Å². The van der Waals surface area contributed by atoms with E-state index >= 15 is 0 Å². The molecule has 0 radical (unpaired) electrons. The number of rotatable bonds is 4. The SMILES string of the molecule is CC(=O)[C@H]1C(=O)C[C@@](C)(O)[C@@H](C(C)=O)[C@@H]1c1ccc(C(C)C)cc1. The average molecular weight is 330 g/mol. The van der Waals surface area contributed by atoms with Crippen molar-refractivity contribution in [1.29, 1.82) is 0 Å². The molecule has 0 aromatic heterocycles. The van der Waals surface area contributed by atoms with Gasteiger partial charge in [-0.2, -0.15) is 0 Å². The Hall–Kier alpha value is -1.81. The maximum absolute atomic E-state index is 12.5. The van der Waals surface area contributed by atoms with E-state index in [1.54, 1.807) is 0 Å². The van der Waals surface area contributed by atoms with Crippen LogP contribution in [0.2, 0.25) is 0 Å². The maximum Gasteiger partial charge on any atom is 0.146 e. The molecule has 24 heavy (non-hydrogen) atoms. The predicted octanol–water partition coefficient (Wildman–Crippen LogP) is 3.03. The molecule has 1 N–H and O–H groups in total. The van der Waals surface area contributed by atoms with E-state index in [1.165, 1.54) is 20.8 Å². The van der Waals surface area contributed by atoms with Crippen molar-refractivity contribution < 1.29 is 19.5 Å². The molecule has 0 heterocycles. The monoisotopic (exact) mass is 330 g/mol. The van der Waals surface area contributed by atoms with Gasteiger partial charge in [0.2, 0.25) is 0 Å². The first-order valence-corrected chi connectivity index (χ1v) is 8.42. The summed E-state index contributed by atoms with van der Waals surface area (Å²) in [6.45, 7) is 8.49. The fraction of sp³-hybridized carbons (Fsp3) is 0.550. The molecule has 0 bridgehead atoms. The lowest BCUT2D eigenvalue weighted by Crippen LogP contribution is -2.53. The molecule has 1 fully saturated rings. The molecule has 0 spiro atoms. The smallest absolute Gasteiger partial charge is 0.146 e. The molecule has 1 aromatic carbocycles. The second kappa shape index (κ2) is 6.60. The number of carbonyl (C=O) groups excluding carboxylic acids is 3. The number of carbonyl (C=O) groups is 3. The average Bonchev–Trinajstić information content (AvgIpc) is 2.44. The Kier molecular flexibility index (Phi) is 5.09. The first-order chi connectivity index (χ1) is 11.1. The first kappa shape index (κ1) is 18.5. The molecule has 0 saturated heterocycles. The third-order valence-electron chi connectivity index (χ3n) is 5.13. The van der Waals surface area contributed by atoms with Gasteiger partial charge < -0.3 is 5.11 Å². The van der Waals surface area contributed by atoms with Crippen LogP contribution in [0.15, 0.2) is 24.3 Å². The number of hydrogen-bond acceptors (Lipinski definition) is 4. The number of Topliss-reactive ketones (excluding diaryl/α,β-unsaturated/α-hetero) is 3. The van der Waals surface area contributed by atoms with Crippen LogP contribution < -0.4 is 0 Å². The summed E-state index contributed by atoms with van der Waals surface area (Å²) in [5.41, 5.74) is 0.468. The number of ketones is 3. The molecule has 1 saturated carbocycles. The van der Waals surface area contributed by atoms with Crippen LogP contribution in [0.3, 0.4) is 0 Å². The highest BCUT2D eigenvalue weighted by Gasteiger charge is 2.53. The predicted molar refractivity (Wildman–Crippen MR) is 91.9 cm³/mol. The summed E-state index contributed by atoms with van der Waals surface area (Å²) >= 11 is 0. The van der Waals surface area contributed by atoms with E-state index in [0.29, 0.717) is 5.92 Å². The second-order valence-corrected chi connectivity index (χ2v) is 7.52. The Morgan fingerprint density at radius 2 is 1.67 bits per heavy atom. The Morgan fingerprint density at radius 1 is 1.12 bits per heavy atom.